The highest BCUT2D eigenvalue weighted by Gasteiger charge is 2.35. The van der Waals surface area contributed by atoms with E-state index in [-0.39, 0.29) is 11.8 Å². The van der Waals surface area contributed by atoms with Gasteiger partial charge in [0.05, 0.1) is 0 Å². The van der Waals surface area contributed by atoms with Gasteiger partial charge in [-0.05, 0) is 24.7 Å². The van der Waals surface area contributed by atoms with E-state index in [2.05, 4.69) is 6.92 Å². The first-order valence-electron chi connectivity index (χ1n) is 4.61. The normalized spacial score (nSPS) is 37.7. The van der Waals surface area contributed by atoms with Gasteiger partial charge in [-0.1, -0.05) is 13.8 Å². The molecule has 1 fully saturated rings. The second-order valence-corrected chi connectivity index (χ2v) is 3.93. The fourth-order valence-electron chi connectivity index (χ4n) is 2.21. The van der Waals surface area contributed by atoms with Crippen molar-refractivity contribution in [1.82, 2.24) is 0 Å². The fourth-order valence-corrected chi connectivity index (χ4v) is 2.21. The maximum atomic E-state index is 10.7. The van der Waals surface area contributed by atoms with E-state index in [0.29, 0.717) is 11.8 Å². The minimum absolute atomic E-state index is 0.0464. The summed E-state index contributed by atoms with van der Waals surface area (Å²) in [6, 6.07) is 0. The molecule has 1 aliphatic carbocycles. The number of carbonyl (C=O) groups excluding carboxylic acids is 2. The van der Waals surface area contributed by atoms with Gasteiger partial charge < -0.3 is 9.59 Å². The lowest BCUT2D eigenvalue weighted by atomic mass is 9.84. The molecule has 12 heavy (non-hydrogen) atoms. The molecule has 1 rings (SSSR count). The third-order valence-corrected chi connectivity index (χ3v) is 3.15. The zero-order valence-corrected chi connectivity index (χ0v) is 7.69. The Kier molecular flexibility index (Phi) is 3.01. The topological polar surface area (TPSA) is 34.1 Å². The van der Waals surface area contributed by atoms with Crippen LogP contribution in [0.5, 0.6) is 0 Å². The molecule has 68 valence electrons. The lowest BCUT2D eigenvalue weighted by Gasteiger charge is -2.19. The Bertz CT molecular complexity index is 177. The van der Waals surface area contributed by atoms with E-state index in [0.717, 1.165) is 25.4 Å². The highest BCUT2D eigenvalue weighted by Crippen LogP contribution is 2.39. The van der Waals surface area contributed by atoms with Gasteiger partial charge in [0.1, 0.15) is 12.6 Å². The summed E-state index contributed by atoms with van der Waals surface area (Å²) in [6.45, 7) is 4.00. The zero-order chi connectivity index (χ0) is 9.14. The first-order chi connectivity index (χ1) is 5.70. The van der Waals surface area contributed by atoms with Crippen LogP contribution in [-0.4, -0.2) is 12.6 Å². The molecule has 2 nitrogen and oxygen atoms in total. The van der Waals surface area contributed by atoms with Gasteiger partial charge in [0.15, 0.2) is 0 Å². The maximum Gasteiger partial charge on any atom is 0.123 e. The summed E-state index contributed by atoms with van der Waals surface area (Å²) in [4.78, 5) is 21.3. The van der Waals surface area contributed by atoms with Gasteiger partial charge in [0.25, 0.3) is 0 Å². The number of hydrogen-bond donors (Lipinski definition) is 0. The molecule has 1 aliphatic rings. The quantitative estimate of drug-likeness (QED) is 0.601. The Balaban J connectivity index is 2.65. The Morgan fingerprint density at radius 2 is 2.00 bits per heavy atom. The van der Waals surface area contributed by atoms with Crippen molar-refractivity contribution < 1.29 is 9.59 Å². The molecule has 0 spiro atoms. The van der Waals surface area contributed by atoms with E-state index < -0.39 is 0 Å². The van der Waals surface area contributed by atoms with Crippen molar-refractivity contribution in [3.8, 4) is 0 Å². The second kappa shape index (κ2) is 3.83. The van der Waals surface area contributed by atoms with Crippen LogP contribution in [0.4, 0.5) is 0 Å². The number of carbonyl (C=O) groups is 2. The Morgan fingerprint density at radius 3 is 2.50 bits per heavy atom. The van der Waals surface area contributed by atoms with E-state index >= 15 is 0 Å². The fraction of sp³-hybridized carbons (Fsp3) is 0.800. The van der Waals surface area contributed by atoms with E-state index in [4.69, 9.17) is 0 Å². The van der Waals surface area contributed by atoms with Gasteiger partial charge in [-0.2, -0.15) is 0 Å². The first-order valence-corrected chi connectivity index (χ1v) is 4.61. The average molecular weight is 168 g/mol. The van der Waals surface area contributed by atoms with Crippen LogP contribution in [-0.2, 0) is 9.59 Å². The molecular weight excluding hydrogens is 152 g/mol. The van der Waals surface area contributed by atoms with Crippen molar-refractivity contribution in [2.75, 3.05) is 0 Å². The van der Waals surface area contributed by atoms with Crippen molar-refractivity contribution in [3.05, 3.63) is 0 Å². The molecule has 0 aromatic rings. The van der Waals surface area contributed by atoms with Gasteiger partial charge >= 0.3 is 0 Å². The Labute approximate surface area is 73.3 Å². The second-order valence-electron chi connectivity index (χ2n) is 3.93. The van der Waals surface area contributed by atoms with Gasteiger partial charge in [-0.3, -0.25) is 0 Å². The van der Waals surface area contributed by atoms with Crippen molar-refractivity contribution in [3.63, 3.8) is 0 Å². The summed E-state index contributed by atoms with van der Waals surface area (Å²) in [6.07, 6.45) is 4.12. The maximum absolute atomic E-state index is 10.7. The predicted octanol–water partition coefficient (Wildman–Crippen LogP) is 1.68. The summed E-state index contributed by atoms with van der Waals surface area (Å²) < 4.78 is 0. The van der Waals surface area contributed by atoms with Crippen molar-refractivity contribution in [2.45, 2.75) is 26.7 Å². The molecule has 0 aromatic carbocycles. The lowest BCUT2D eigenvalue weighted by Crippen LogP contribution is -2.21. The minimum atomic E-state index is 0.0464. The predicted molar refractivity (Wildman–Crippen MR) is 46.7 cm³/mol. The van der Waals surface area contributed by atoms with Crippen LogP contribution in [0, 0.1) is 23.7 Å². The third-order valence-electron chi connectivity index (χ3n) is 3.15. The number of rotatable bonds is 3. The minimum Gasteiger partial charge on any atom is -0.303 e. The molecule has 4 atom stereocenters. The van der Waals surface area contributed by atoms with Gasteiger partial charge in [-0.15, -0.1) is 0 Å². The molecule has 1 saturated carbocycles. The highest BCUT2D eigenvalue weighted by atomic mass is 16.1. The van der Waals surface area contributed by atoms with Crippen molar-refractivity contribution >= 4 is 12.6 Å². The van der Waals surface area contributed by atoms with Crippen molar-refractivity contribution in [2.24, 2.45) is 23.7 Å². The van der Waals surface area contributed by atoms with Gasteiger partial charge in [0.2, 0.25) is 0 Å². The molecule has 0 aliphatic heterocycles. The molecule has 0 amide bonds. The van der Waals surface area contributed by atoms with Gasteiger partial charge in [-0.25, -0.2) is 0 Å². The molecule has 0 radical (unpaired) electrons. The smallest absolute Gasteiger partial charge is 0.123 e. The third kappa shape index (κ3) is 1.57. The Hall–Kier alpha value is -0.660. The largest absolute Gasteiger partial charge is 0.303 e. The van der Waals surface area contributed by atoms with E-state index in [1.807, 2.05) is 6.92 Å². The van der Waals surface area contributed by atoms with Crippen LogP contribution in [0.3, 0.4) is 0 Å². The monoisotopic (exact) mass is 168 g/mol. The SMILES string of the molecule is C[C@@H]1CC[C@@H]([C@@H](C)C=O)[C@H]1C=O. The Morgan fingerprint density at radius 1 is 1.33 bits per heavy atom. The summed E-state index contributed by atoms with van der Waals surface area (Å²) >= 11 is 0. The standard InChI is InChI=1S/C10H16O2/c1-7-3-4-9(8(2)5-11)10(7)6-12/h5-10H,3-4H2,1-2H3/t7-,8+,9+,10+/m1/s1. The van der Waals surface area contributed by atoms with E-state index in [9.17, 15) is 9.59 Å². The van der Waals surface area contributed by atoms with Crippen LogP contribution in [0.25, 0.3) is 0 Å². The molecule has 0 heterocycles. The first kappa shape index (κ1) is 9.43. The lowest BCUT2D eigenvalue weighted by molar-refractivity contribution is -0.116. The summed E-state index contributed by atoms with van der Waals surface area (Å²) in [7, 11) is 0. The van der Waals surface area contributed by atoms with E-state index in [1.54, 1.807) is 0 Å². The molecule has 0 saturated heterocycles. The highest BCUT2D eigenvalue weighted by molar-refractivity contribution is 5.59. The van der Waals surface area contributed by atoms with Crippen molar-refractivity contribution in [1.29, 1.82) is 0 Å². The van der Waals surface area contributed by atoms with E-state index in [1.165, 1.54) is 0 Å². The molecule has 0 aromatic heterocycles. The van der Waals surface area contributed by atoms with Crippen LogP contribution < -0.4 is 0 Å². The summed E-state index contributed by atoms with van der Waals surface area (Å²) in [5, 5.41) is 0. The van der Waals surface area contributed by atoms with Crippen LogP contribution in [0.2, 0.25) is 0 Å². The molecule has 2 heteroatoms. The summed E-state index contributed by atoms with van der Waals surface area (Å²) in [5.74, 6) is 0.931. The van der Waals surface area contributed by atoms with Crippen LogP contribution >= 0.6 is 0 Å². The van der Waals surface area contributed by atoms with Crippen LogP contribution in [0.15, 0.2) is 0 Å². The average Bonchev–Trinajstić information content (AvgIpc) is 2.45. The van der Waals surface area contributed by atoms with Gasteiger partial charge in [0, 0.05) is 11.8 Å². The molecular formula is C10H16O2. The molecule has 0 unspecified atom stereocenters. The number of hydrogen-bond acceptors (Lipinski definition) is 2. The molecule has 0 bridgehead atoms. The summed E-state index contributed by atoms with van der Waals surface area (Å²) in [5.41, 5.74) is 0. The molecule has 0 N–H and O–H groups in total. The van der Waals surface area contributed by atoms with Crippen LogP contribution in [0.1, 0.15) is 26.7 Å². The number of aldehydes is 2. The zero-order valence-electron chi connectivity index (χ0n) is 7.69.